The highest BCUT2D eigenvalue weighted by molar-refractivity contribution is 6.04. The van der Waals surface area contributed by atoms with Gasteiger partial charge in [0.2, 0.25) is 0 Å². The topological polar surface area (TPSA) is 55.8 Å². The third-order valence-electron chi connectivity index (χ3n) is 3.97. The lowest BCUT2D eigenvalue weighted by Crippen LogP contribution is -2.52. The van der Waals surface area contributed by atoms with Crippen LogP contribution in [-0.4, -0.2) is 31.6 Å². The first-order chi connectivity index (χ1) is 13.5. The van der Waals surface area contributed by atoms with Crippen LogP contribution in [-0.2, 0) is 14.3 Å². The molecule has 1 aliphatic rings. The number of nitrogens with zero attached hydrogens (tertiary/aromatic N) is 1. The van der Waals surface area contributed by atoms with Crippen molar-refractivity contribution in [2.75, 3.05) is 18.6 Å². The Morgan fingerprint density at radius 3 is 2.17 bits per heavy atom. The highest BCUT2D eigenvalue weighted by atomic mass is 19.3. The minimum Gasteiger partial charge on any atom is -0.468 e. The Morgan fingerprint density at radius 1 is 1.03 bits per heavy atom. The molecule has 2 aromatic rings. The van der Waals surface area contributed by atoms with Crippen LogP contribution in [0.4, 0.5) is 36.4 Å². The maximum absolute atomic E-state index is 14.4. The van der Waals surface area contributed by atoms with Gasteiger partial charge in [0.25, 0.3) is 0 Å². The fraction of sp³-hybridized carbons (Fsp3) is 0.176. The zero-order valence-corrected chi connectivity index (χ0v) is 14.2. The number of carbonyl (C=O) groups excluding carboxylic acids is 2. The average molecular weight is 423 g/mol. The van der Waals surface area contributed by atoms with Gasteiger partial charge >= 0.3 is 18.0 Å². The Labute approximate surface area is 157 Å². The van der Waals surface area contributed by atoms with Gasteiger partial charge in [-0.25, -0.2) is 22.0 Å². The van der Waals surface area contributed by atoms with Crippen LogP contribution < -0.4 is 9.64 Å². The van der Waals surface area contributed by atoms with E-state index in [9.17, 15) is 40.3 Å². The second-order valence-electron chi connectivity index (χ2n) is 5.73. The summed E-state index contributed by atoms with van der Waals surface area (Å²) >= 11 is 0. The van der Waals surface area contributed by atoms with Gasteiger partial charge in [-0.05, 0) is 6.07 Å². The maximum Gasteiger partial charge on any atom is 0.482 e. The lowest BCUT2D eigenvalue weighted by molar-refractivity contribution is -0.193. The molecule has 0 bridgehead atoms. The van der Waals surface area contributed by atoms with Crippen LogP contribution in [0.1, 0.15) is 0 Å². The molecule has 3 rings (SSSR count). The summed E-state index contributed by atoms with van der Waals surface area (Å²) < 4.78 is 105. The molecule has 12 heteroatoms. The molecule has 1 heterocycles. The fourth-order valence-electron chi connectivity index (χ4n) is 2.64. The number of alkyl halides is 2. The van der Waals surface area contributed by atoms with Crippen LogP contribution in [0.2, 0.25) is 0 Å². The van der Waals surface area contributed by atoms with Crippen molar-refractivity contribution in [1.29, 1.82) is 0 Å². The number of benzene rings is 2. The second-order valence-corrected chi connectivity index (χ2v) is 5.73. The molecular formula is C17H8F7NO4. The van der Waals surface area contributed by atoms with Crippen LogP contribution in [0.25, 0.3) is 11.1 Å². The minimum absolute atomic E-state index is 0.110. The molecule has 0 atom stereocenters. The molecule has 0 aromatic heterocycles. The van der Waals surface area contributed by atoms with E-state index in [2.05, 4.69) is 9.47 Å². The van der Waals surface area contributed by atoms with Crippen molar-refractivity contribution in [2.24, 2.45) is 0 Å². The summed E-state index contributed by atoms with van der Waals surface area (Å²) in [5, 5.41) is 0. The first-order valence-electron chi connectivity index (χ1n) is 7.60. The van der Waals surface area contributed by atoms with Gasteiger partial charge in [-0.2, -0.15) is 8.78 Å². The molecule has 2 aromatic carbocycles. The Kier molecular flexibility index (Phi) is 4.89. The van der Waals surface area contributed by atoms with E-state index in [4.69, 9.17) is 0 Å². The number of carbonyl (C=O) groups is 2. The van der Waals surface area contributed by atoms with Gasteiger partial charge in [-0.1, -0.05) is 0 Å². The number of anilines is 1. The molecule has 0 aliphatic carbocycles. The second kappa shape index (κ2) is 6.94. The molecule has 0 spiro atoms. The van der Waals surface area contributed by atoms with Gasteiger partial charge in [0.1, 0.15) is 12.4 Å². The van der Waals surface area contributed by atoms with E-state index in [1.807, 2.05) is 0 Å². The standard InChI is InChI=1S/C17H8F7NO4/c1-28-12(26)5-25-10-2-6(13-14(21)8(19)3-9(20)15(13)22)7(18)4-11(10)29-17(23,24)16(25)27/h2-4H,5H2,1H3. The normalized spacial score (nSPS) is 15.0. The van der Waals surface area contributed by atoms with Gasteiger partial charge in [-0.15, -0.1) is 0 Å². The quantitative estimate of drug-likeness (QED) is 0.431. The van der Waals surface area contributed by atoms with E-state index >= 15 is 0 Å². The van der Waals surface area contributed by atoms with E-state index in [0.29, 0.717) is 6.07 Å². The molecule has 0 saturated heterocycles. The fourth-order valence-corrected chi connectivity index (χ4v) is 2.64. The van der Waals surface area contributed by atoms with E-state index in [-0.39, 0.29) is 17.0 Å². The smallest absolute Gasteiger partial charge is 0.468 e. The molecule has 0 unspecified atom stereocenters. The van der Waals surface area contributed by atoms with E-state index < -0.39 is 76.2 Å². The molecule has 0 fully saturated rings. The summed E-state index contributed by atoms with van der Waals surface area (Å²) in [6.07, 6.45) is -4.49. The first kappa shape index (κ1) is 20.4. The monoisotopic (exact) mass is 423 g/mol. The highest BCUT2D eigenvalue weighted by Gasteiger charge is 2.51. The maximum atomic E-state index is 14.4. The van der Waals surface area contributed by atoms with Gasteiger partial charge < -0.3 is 9.47 Å². The van der Waals surface area contributed by atoms with Crippen molar-refractivity contribution in [2.45, 2.75) is 6.11 Å². The van der Waals surface area contributed by atoms with Crippen LogP contribution in [0.3, 0.4) is 0 Å². The highest BCUT2D eigenvalue weighted by Crippen LogP contribution is 2.44. The predicted octanol–water partition coefficient (Wildman–Crippen LogP) is 3.54. The predicted molar refractivity (Wildman–Crippen MR) is 81.6 cm³/mol. The summed E-state index contributed by atoms with van der Waals surface area (Å²) in [6.45, 7) is -1.09. The summed E-state index contributed by atoms with van der Waals surface area (Å²) in [4.78, 5) is 23.5. The number of rotatable bonds is 3. The lowest BCUT2D eigenvalue weighted by atomic mass is 10.0. The zero-order valence-electron chi connectivity index (χ0n) is 14.2. The molecule has 1 aliphatic heterocycles. The van der Waals surface area contributed by atoms with Crippen LogP contribution in [0.15, 0.2) is 18.2 Å². The van der Waals surface area contributed by atoms with Crippen molar-refractivity contribution in [3.8, 4) is 16.9 Å². The van der Waals surface area contributed by atoms with Gasteiger partial charge in [0.05, 0.1) is 18.4 Å². The molecule has 0 N–H and O–H groups in total. The molecule has 154 valence electrons. The molecule has 29 heavy (non-hydrogen) atoms. The van der Waals surface area contributed by atoms with E-state index in [0.717, 1.165) is 7.11 Å². The number of halogens is 7. The summed E-state index contributed by atoms with van der Waals surface area (Å²) in [5.74, 6) is -13.4. The molecule has 5 nitrogen and oxygen atoms in total. The number of hydrogen-bond donors (Lipinski definition) is 0. The molecule has 1 amide bonds. The minimum atomic E-state index is -4.49. The Bertz CT molecular complexity index is 1010. The van der Waals surface area contributed by atoms with Crippen molar-refractivity contribution in [3.05, 3.63) is 47.3 Å². The SMILES string of the molecule is COC(=O)CN1C(=O)C(F)(F)Oc2cc(F)c(-c3c(F)c(F)cc(F)c3F)cc21. The van der Waals surface area contributed by atoms with E-state index in [1.165, 1.54) is 0 Å². The third-order valence-corrected chi connectivity index (χ3v) is 3.97. The van der Waals surface area contributed by atoms with Crippen molar-refractivity contribution in [1.82, 2.24) is 0 Å². The lowest BCUT2D eigenvalue weighted by Gasteiger charge is -2.33. The molecular weight excluding hydrogens is 415 g/mol. The number of esters is 1. The number of amides is 1. The van der Waals surface area contributed by atoms with Crippen molar-refractivity contribution < 1.29 is 49.8 Å². The number of ether oxygens (including phenoxy) is 2. The largest absolute Gasteiger partial charge is 0.482 e. The van der Waals surface area contributed by atoms with Crippen LogP contribution in [0.5, 0.6) is 5.75 Å². The van der Waals surface area contributed by atoms with Gasteiger partial charge in [0, 0.05) is 17.7 Å². The number of methoxy groups -OCH3 is 1. The van der Waals surface area contributed by atoms with Crippen molar-refractivity contribution >= 4 is 17.6 Å². The zero-order chi connectivity index (χ0) is 21.7. The van der Waals surface area contributed by atoms with Crippen LogP contribution >= 0.6 is 0 Å². The summed E-state index contributed by atoms with van der Waals surface area (Å²) in [5.41, 5.74) is -3.29. The summed E-state index contributed by atoms with van der Waals surface area (Å²) in [7, 11) is 0.892. The first-order valence-corrected chi connectivity index (χ1v) is 7.60. The Morgan fingerprint density at radius 2 is 1.62 bits per heavy atom. The number of hydrogen-bond acceptors (Lipinski definition) is 4. The van der Waals surface area contributed by atoms with Crippen LogP contribution in [0, 0.1) is 29.1 Å². The Balaban J connectivity index is 2.27. The summed E-state index contributed by atoms with van der Waals surface area (Å²) in [6, 6.07) is 0.569. The molecule has 0 saturated carbocycles. The van der Waals surface area contributed by atoms with Crippen molar-refractivity contribution in [3.63, 3.8) is 0 Å². The molecule has 0 radical (unpaired) electrons. The van der Waals surface area contributed by atoms with Gasteiger partial charge in [-0.3, -0.25) is 14.5 Å². The average Bonchev–Trinajstić information content (AvgIpc) is 2.64. The van der Waals surface area contributed by atoms with Gasteiger partial charge in [0.15, 0.2) is 29.0 Å². The number of fused-ring (bicyclic) bond motifs is 1. The van der Waals surface area contributed by atoms with E-state index in [1.54, 1.807) is 0 Å². The third kappa shape index (κ3) is 3.34. The Hall–Kier alpha value is -3.31.